The molecule has 2 saturated heterocycles. The number of urea groups is 1. The van der Waals surface area contributed by atoms with Crippen LogP contribution < -0.4 is 5.32 Å². The number of rotatable bonds is 7. The molecule has 216 valence electrons. The van der Waals surface area contributed by atoms with Crippen LogP contribution in [0.2, 0.25) is 0 Å². The highest BCUT2D eigenvalue weighted by Crippen LogP contribution is 2.45. The van der Waals surface area contributed by atoms with Crippen molar-refractivity contribution in [2.75, 3.05) is 31.5 Å². The highest BCUT2D eigenvalue weighted by Gasteiger charge is 2.43. The number of amides is 4. The summed E-state index contributed by atoms with van der Waals surface area (Å²) in [5.41, 5.74) is 2.23. The van der Waals surface area contributed by atoms with E-state index in [9.17, 15) is 23.2 Å². The van der Waals surface area contributed by atoms with Crippen LogP contribution >= 0.6 is 11.8 Å². The van der Waals surface area contributed by atoms with E-state index < -0.39 is 22.3 Å². The molecular formula is C30H38F2N4O3S. The molecule has 10 heteroatoms. The quantitative estimate of drug-likeness (QED) is 0.464. The van der Waals surface area contributed by atoms with Gasteiger partial charge in [0, 0.05) is 57.4 Å². The first-order valence-electron chi connectivity index (χ1n) is 14.1. The van der Waals surface area contributed by atoms with Gasteiger partial charge in [-0.25, -0.2) is 13.6 Å². The lowest BCUT2D eigenvalue weighted by molar-refractivity contribution is -0.137. The van der Waals surface area contributed by atoms with Crippen molar-refractivity contribution in [1.82, 2.24) is 14.7 Å². The molecule has 2 fully saturated rings. The number of nitrogens with zero attached hydrogens (tertiary/aromatic N) is 3. The molecule has 1 N–H and O–H groups in total. The minimum atomic E-state index is -0.686. The summed E-state index contributed by atoms with van der Waals surface area (Å²) in [6.07, 6.45) is 2.90. The number of piperidine rings is 1. The van der Waals surface area contributed by atoms with E-state index in [0.29, 0.717) is 44.9 Å². The van der Waals surface area contributed by atoms with Crippen LogP contribution in [0, 0.1) is 17.6 Å². The fraction of sp³-hybridized carbons (Fsp3) is 0.500. The summed E-state index contributed by atoms with van der Waals surface area (Å²) in [6.45, 7) is 6.21. The zero-order valence-corrected chi connectivity index (χ0v) is 23.8. The Bertz CT molecular complexity index is 1270. The molecule has 5 rings (SSSR count). The number of halogens is 2. The SMILES string of the molecule is CC(C)CCN1C(=O)C(CC(=O)N2CCC(N3CCc4ccccc4NC3=O)CC2)SC1c1ccc(F)cc1F.[HH]. The maximum Gasteiger partial charge on any atom is 0.322 e. The third-order valence-corrected chi connectivity index (χ3v) is 9.53. The lowest BCUT2D eigenvalue weighted by atomic mass is 10.0. The molecule has 4 amide bonds. The van der Waals surface area contributed by atoms with Crippen molar-refractivity contribution >= 4 is 35.3 Å². The van der Waals surface area contributed by atoms with E-state index in [1.54, 1.807) is 9.80 Å². The molecule has 0 bridgehead atoms. The summed E-state index contributed by atoms with van der Waals surface area (Å²) in [6, 6.07) is 11.2. The van der Waals surface area contributed by atoms with Gasteiger partial charge in [-0.3, -0.25) is 9.59 Å². The molecule has 0 aliphatic carbocycles. The topological polar surface area (TPSA) is 73.0 Å². The van der Waals surface area contributed by atoms with Gasteiger partial charge in [0.1, 0.15) is 17.0 Å². The van der Waals surface area contributed by atoms with Gasteiger partial charge >= 0.3 is 6.03 Å². The molecule has 3 heterocycles. The number of hydrogen-bond donors (Lipinski definition) is 1. The van der Waals surface area contributed by atoms with Crippen molar-refractivity contribution in [1.29, 1.82) is 0 Å². The molecule has 0 spiro atoms. The Hall–Kier alpha value is -3.14. The summed E-state index contributed by atoms with van der Waals surface area (Å²) in [5, 5.41) is 1.80. The van der Waals surface area contributed by atoms with Gasteiger partial charge in [-0.15, -0.1) is 11.8 Å². The molecular weight excluding hydrogens is 534 g/mol. The first-order chi connectivity index (χ1) is 19.2. The van der Waals surface area contributed by atoms with Crippen molar-refractivity contribution in [3.63, 3.8) is 0 Å². The third kappa shape index (κ3) is 6.11. The second-order valence-electron chi connectivity index (χ2n) is 11.2. The first-order valence-corrected chi connectivity index (χ1v) is 15.0. The number of carbonyl (C=O) groups is 3. The molecule has 40 heavy (non-hydrogen) atoms. The van der Waals surface area contributed by atoms with Crippen molar-refractivity contribution < 1.29 is 24.6 Å². The average Bonchev–Trinajstić information content (AvgIpc) is 3.11. The number of nitrogens with one attached hydrogen (secondary N) is 1. The first kappa shape index (κ1) is 28.4. The molecule has 7 nitrogen and oxygen atoms in total. The zero-order valence-electron chi connectivity index (χ0n) is 22.9. The second kappa shape index (κ2) is 12.2. The van der Waals surface area contributed by atoms with Gasteiger partial charge in [-0.1, -0.05) is 38.1 Å². The summed E-state index contributed by atoms with van der Waals surface area (Å²) in [7, 11) is 0. The molecule has 2 atom stereocenters. The van der Waals surface area contributed by atoms with Gasteiger partial charge in [0.2, 0.25) is 11.8 Å². The van der Waals surface area contributed by atoms with Crippen molar-refractivity contribution in [3.8, 4) is 0 Å². The average molecular weight is 573 g/mol. The molecule has 0 saturated carbocycles. The van der Waals surface area contributed by atoms with Gasteiger partial charge in [-0.2, -0.15) is 0 Å². The molecule has 0 radical (unpaired) electrons. The second-order valence-corrected chi connectivity index (χ2v) is 12.5. The van der Waals surface area contributed by atoms with Crippen LogP contribution in [0.4, 0.5) is 19.3 Å². The fourth-order valence-corrected chi connectivity index (χ4v) is 7.24. The van der Waals surface area contributed by atoms with Crippen molar-refractivity contribution in [2.45, 2.75) is 62.6 Å². The Morgan fingerprint density at radius 1 is 1.10 bits per heavy atom. The Kier molecular flexibility index (Phi) is 8.63. The van der Waals surface area contributed by atoms with Crippen LogP contribution in [0.5, 0.6) is 0 Å². The lowest BCUT2D eigenvalue weighted by Gasteiger charge is -2.38. The summed E-state index contributed by atoms with van der Waals surface area (Å²) >= 11 is 1.27. The van der Waals surface area contributed by atoms with Crippen LogP contribution in [0.15, 0.2) is 42.5 Å². The van der Waals surface area contributed by atoms with E-state index in [1.807, 2.05) is 29.2 Å². The molecule has 3 aliphatic heterocycles. The van der Waals surface area contributed by atoms with Crippen LogP contribution in [0.25, 0.3) is 0 Å². The number of benzene rings is 2. The zero-order chi connectivity index (χ0) is 28.4. The molecule has 2 unspecified atom stereocenters. The maximum absolute atomic E-state index is 14.7. The van der Waals surface area contributed by atoms with E-state index in [1.165, 1.54) is 23.9 Å². The van der Waals surface area contributed by atoms with Crippen molar-refractivity contribution in [2.24, 2.45) is 5.92 Å². The lowest BCUT2D eigenvalue weighted by Crippen LogP contribution is -2.50. The van der Waals surface area contributed by atoms with E-state index >= 15 is 0 Å². The van der Waals surface area contributed by atoms with E-state index in [0.717, 1.165) is 30.2 Å². The summed E-state index contributed by atoms with van der Waals surface area (Å²) in [4.78, 5) is 44.9. The standard InChI is InChI=1S/C30H36F2N4O3S.H2/c1-19(2)9-15-36-28(38)26(40-29(36)23-8-7-21(31)17-24(23)32)18-27(37)34-13-11-22(12-14-34)35-16-10-20-5-3-4-6-25(20)33-30(35)39;/h3-8,17,19,22,26,29H,9-16,18H2,1-2H3,(H,33,39);1H. The summed E-state index contributed by atoms with van der Waals surface area (Å²) < 4.78 is 28.3. The Balaban J connectivity index is 0.00000387. The van der Waals surface area contributed by atoms with Crippen LogP contribution in [0.1, 0.15) is 57.5 Å². The van der Waals surface area contributed by atoms with Crippen LogP contribution in [-0.2, 0) is 16.0 Å². The number of anilines is 1. The minimum Gasteiger partial charge on any atom is -0.342 e. The van der Waals surface area contributed by atoms with Gasteiger partial charge in [0.25, 0.3) is 0 Å². The minimum absolute atomic E-state index is 0. The van der Waals surface area contributed by atoms with E-state index in [-0.39, 0.29) is 37.3 Å². The normalized spacial score (nSPS) is 22.0. The van der Waals surface area contributed by atoms with Gasteiger partial charge < -0.3 is 20.0 Å². The number of thioether (sulfide) groups is 1. The Morgan fingerprint density at radius 2 is 1.85 bits per heavy atom. The Labute approximate surface area is 239 Å². The highest BCUT2D eigenvalue weighted by atomic mass is 32.2. The number of likely N-dealkylation sites (tertiary alicyclic amines) is 1. The van der Waals surface area contributed by atoms with Gasteiger partial charge in [0.15, 0.2) is 0 Å². The molecule has 3 aliphatic rings. The predicted molar refractivity (Wildman–Crippen MR) is 154 cm³/mol. The third-order valence-electron chi connectivity index (χ3n) is 8.07. The largest absolute Gasteiger partial charge is 0.342 e. The van der Waals surface area contributed by atoms with Gasteiger partial charge in [0.05, 0.1) is 5.25 Å². The van der Waals surface area contributed by atoms with Crippen molar-refractivity contribution in [3.05, 3.63) is 65.2 Å². The number of carbonyl (C=O) groups excluding carboxylic acids is 3. The summed E-state index contributed by atoms with van der Waals surface area (Å²) in [5.74, 6) is -1.29. The monoisotopic (exact) mass is 572 g/mol. The van der Waals surface area contributed by atoms with E-state index in [2.05, 4.69) is 19.2 Å². The molecule has 2 aromatic rings. The maximum atomic E-state index is 14.7. The smallest absolute Gasteiger partial charge is 0.322 e. The number of para-hydroxylation sites is 1. The Morgan fingerprint density at radius 3 is 2.58 bits per heavy atom. The molecule has 0 aromatic heterocycles. The van der Waals surface area contributed by atoms with Crippen LogP contribution in [-0.4, -0.2) is 70.0 Å². The fourth-order valence-electron chi connectivity index (χ4n) is 5.74. The molecule has 2 aromatic carbocycles. The predicted octanol–water partition coefficient (Wildman–Crippen LogP) is 5.67. The van der Waals surface area contributed by atoms with E-state index in [4.69, 9.17) is 0 Å². The highest BCUT2D eigenvalue weighted by molar-refractivity contribution is 8.01. The van der Waals surface area contributed by atoms with Gasteiger partial charge in [-0.05, 0) is 49.3 Å². The number of fused-ring (bicyclic) bond motifs is 1. The van der Waals surface area contributed by atoms with Crippen LogP contribution in [0.3, 0.4) is 0 Å². The number of hydrogen-bond acceptors (Lipinski definition) is 4.